The molecule has 0 atom stereocenters. The van der Waals surface area contributed by atoms with Crippen LogP contribution < -0.4 is 0 Å². The van der Waals surface area contributed by atoms with Crippen LogP contribution in [0.3, 0.4) is 0 Å². The Morgan fingerprint density at radius 1 is 1.27 bits per heavy atom. The molecule has 0 spiro atoms. The molecule has 0 amide bonds. The molecule has 11 heavy (non-hydrogen) atoms. The van der Waals surface area contributed by atoms with E-state index < -0.39 is 0 Å². The van der Waals surface area contributed by atoms with Crippen LogP contribution >= 0.6 is 0 Å². The molecule has 66 valence electrons. The molecule has 1 aliphatic rings. The van der Waals surface area contributed by atoms with E-state index in [-0.39, 0.29) is 5.60 Å². The molecular formula is C10H20O. The van der Waals surface area contributed by atoms with Crippen LogP contribution in [0.15, 0.2) is 0 Å². The normalized spacial score (nSPS) is 21.8. The van der Waals surface area contributed by atoms with Gasteiger partial charge in [-0.2, -0.15) is 0 Å². The Labute approximate surface area is 69.8 Å². The van der Waals surface area contributed by atoms with E-state index in [2.05, 4.69) is 20.8 Å². The van der Waals surface area contributed by atoms with E-state index in [1.54, 1.807) is 0 Å². The number of hydrogen-bond acceptors (Lipinski definition) is 1. The van der Waals surface area contributed by atoms with Gasteiger partial charge in [0.25, 0.3) is 0 Å². The molecule has 0 saturated heterocycles. The minimum Gasteiger partial charge on any atom is -0.390 e. The van der Waals surface area contributed by atoms with E-state index in [0.29, 0.717) is 5.41 Å². The van der Waals surface area contributed by atoms with E-state index >= 15 is 0 Å². The summed E-state index contributed by atoms with van der Waals surface area (Å²) in [5.74, 6) is 0. The van der Waals surface area contributed by atoms with Gasteiger partial charge in [-0.3, -0.25) is 0 Å². The third kappa shape index (κ3) is 3.76. The molecule has 1 fully saturated rings. The fourth-order valence-corrected chi connectivity index (χ4v) is 1.34. The molecule has 1 N–H and O–H groups in total. The molecule has 0 heterocycles. The lowest BCUT2D eigenvalue weighted by Gasteiger charge is -2.18. The molecule has 0 aliphatic heterocycles. The van der Waals surface area contributed by atoms with Crippen LogP contribution in [-0.2, 0) is 0 Å². The summed E-state index contributed by atoms with van der Waals surface area (Å²) in [6, 6.07) is 0. The van der Waals surface area contributed by atoms with Crippen LogP contribution in [0.25, 0.3) is 0 Å². The summed E-state index contributed by atoms with van der Waals surface area (Å²) < 4.78 is 0. The summed E-state index contributed by atoms with van der Waals surface area (Å²) in [6.07, 6.45) is 5.51. The highest BCUT2D eigenvalue weighted by molar-refractivity contribution is 4.92. The third-order valence-corrected chi connectivity index (χ3v) is 2.40. The van der Waals surface area contributed by atoms with Gasteiger partial charge >= 0.3 is 0 Å². The lowest BCUT2D eigenvalue weighted by atomic mass is 9.89. The van der Waals surface area contributed by atoms with Gasteiger partial charge in [0.2, 0.25) is 0 Å². The summed E-state index contributed by atoms with van der Waals surface area (Å²) >= 11 is 0. The van der Waals surface area contributed by atoms with Gasteiger partial charge in [-0.25, -0.2) is 0 Å². The minimum absolute atomic E-state index is 0.231. The zero-order valence-corrected chi connectivity index (χ0v) is 7.98. The minimum atomic E-state index is -0.231. The van der Waals surface area contributed by atoms with Crippen molar-refractivity contribution in [1.29, 1.82) is 0 Å². The van der Waals surface area contributed by atoms with E-state index in [1.807, 2.05) is 0 Å². The van der Waals surface area contributed by atoms with Crippen molar-refractivity contribution in [3.05, 3.63) is 0 Å². The number of aliphatic hydroxyl groups is 1. The Hall–Kier alpha value is -0.0400. The van der Waals surface area contributed by atoms with Gasteiger partial charge in [-0.05, 0) is 31.1 Å². The lowest BCUT2D eigenvalue weighted by molar-refractivity contribution is 0.132. The fourth-order valence-electron chi connectivity index (χ4n) is 1.34. The van der Waals surface area contributed by atoms with Crippen molar-refractivity contribution in [2.45, 2.75) is 58.5 Å². The van der Waals surface area contributed by atoms with Crippen LogP contribution in [0.5, 0.6) is 0 Å². The second-order valence-electron chi connectivity index (χ2n) is 5.14. The molecule has 0 aromatic heterocycles. The average molecular weight is 156 g/mol. The first kappa shape index (κ1) is 9.05. The van der Waals surface area contributed by atoms with Crippen molar-refractivity contribution in [3.63, 3.8) is 0 Å². The Morgan fingerprint density at radius 3 is 2.18 bits per heavy atom. The molecule has 1 rings (SSSR count). The van der Waals surface area contributed by atoms with Crippen molar-refractivity contribution in [3.8, 4) is 0 Å². The molecule has 0 bridgehead atoms. The van der Waals surface area contributed by atoms with Crippen molar-refractivity contribution in [1.82, 2.24) is 0 Å². The molecule has 1 saturated carbocycles. The largest absolute Gasteiger partial charge is 0.390 e. The van der Waals surface area contributed by atoms with Gasteiger partial charge in [-0.15, -0.1) is 0 Å². The maximum atomic E-state index is 9.53. The Morgan fingerprint density at radius 2 is 1.82 bits per heavy atom. The second-order valence-corrected chi connectivity index (χ2v) is 5.14. The topological polar surface area (TPSA) is 20.2 Å². The first-order valence-electron chi connectivity index (χ1n) is 4.64. The average Bonchev–Trinajstić information content (AvgIpc) is 2.44. The second kappa shape index (κ2) is 2.78. The van der Waals surface area contributed by atoms with E-state index in [1.165, 1.54) is 12.8 Å². The summed E-state index contributed by atoms with van der Waals surface area (Å²) in [6.45, 7) is 6.76. The summed E-state index contributed by atoms with van der Waals surface area (Å²) in [4.78, 5) is 0. The lowest BCUT2D eigenvalue weighted by Crippen LogP contribution is -2.10. The standard InChI is InChI=1S/C10H20O/c1-9(2,3)5-4-6-10(11)7-8-10/h11H,4-8H2,1-3H3. The SMILES string of the molecule is CC(C)(C)CCCC1(O)CC1. The van der Waals surface area contributed by atoms with Crippen molar-refractivity contribution in [2.75, 3.05) is 0 Å². The van der Waals surface area contributed by atoms with Crippen LogP contribution in [0.1, 0.15) is 52.9 Å². The molecule has 0 aromatic rings. The highest BCUT2D eigenvalue weighted by Crippen LogP contribution is 2.40. The van der Waals surface area contributed by atoms with Gasteiger partial charge in [0, 0.05) is 0 Å². The maximum Gasteiger partial charge on any atom is 0.0650 e. The van der Waals surface area contributed by atoms with Crippen LogP contribution in [0.2, 0.25) is 0 Å². The summed E-state index contributed by atoms with van der Waals surface area (Å²) in [7, 11) is 0. The zero-order valence-electron chi connectivity index (χ0n) is 7.98. The molecule has 0 radical (unpaired) electrons. The highest BCUT2D eigenvalue weighted by atomic mass is 16.3. The Kier molecular flexibility index (Phi) is 2.29. The summed E-state index contributed by atoms with van der Waals surface area (Å²) in [5.41, 5.74) is 0.205. The van der Waals surface area contributed by atoms with E-state index in [0.717, 1.165) is 19.3 Å². The van der Waals surface area contributed by atoms with Gasteiger partial charge in [0.1, 0.15) is 0 Å². The van der Waals surface area contributed by atoms with Crippen molar-refractivity contribution in [2.24, 2.45) is 5.41 Å². The quantitative estimate of drug-likeness (QED) is 0.666. The van der Waals surface area contributed by atoms with E-state index in [4.69, 9.17) is 0 Å². The smallest absolute Gasteiger partial charge is 0.0650 e. The number of rotatable bonds is 3. The molecule has 1 nitrogen and oxygen atoms in total. The molecular weight excluding hydrogens is 136 g/mol. The Balaban J connectivity index is 2.05. The van der Waals surface area contributed by atoms with Crippen LogP contribution in [0, 0.1) is 5.41 Å². The van der Waals surface area contributed by atoms with Gasteiger partial charge in [-0.1, -0.05) is 27.2 Å². The maximum absolute atomic E-state index is 9.53. The van der Waals surface area contributed by atoms with E-state index in [9.17, 15) is 5.11 Å². The van der Waals surface area contributed by atoms with Gasteiger partial charge in [0.15, 0.2) is 0 Å². The molecule has 0 unspecified atom stereocenters. The van der Waals surface area contributed by atoms with Gasteiger partial charge < -0.3 is 5.11 Å². The monoisotopic (exact) mass is 156 g/mol. The van der Waals surface area contributed by atoms with Crippen LogP contribution in [-0.4, -0.2) is 10.7 Å². The predicted molar refractivity (Wildman–Crippen MR) is 47.5 cm³/mol. The third-order valence-electron chi connectivity index (χ3n) is 2.40. The fraction of sp³-hybridized carbons (Fsp3) is 1.00. The van der Waals surface area contributed by atoms with Crippen LogP contribution in [0.4, 0.5) is 0 Å². The molecule has 0 aromatic carbocycles. The molecule has 1 aliphatic carbocycles. The van der Waals surface area contributed by atoms with Crippen molar-refractivity contribution >= 4 is 0 Å². The predicted octanol–water partition coefficient (Wildman–Crippen LogP) is 2.73. The first-order valence-corrected chi connectivity index (χ1v) is 4.64. The highest BCUT2D eigenvalue weighted by Gasteiger charge is 2.39. The molecule has 1 heteroatoms. The first-order chi connectivity index (χ1) is 4.91. The Bertz CT molecular complexity index is 123. The van der Waals surface area contributed by atoms with Gasteiger partial charge in [0.05, 0.1) is 5.60 Å². The zero-order chi connectivity index (χ0) is 8.54. The summed E-state index contributed by atoms with van der Waals surface area (Å²) in [5, 5.41) is 9.53. The number of hydrogen-bond donors (Lipinski definition) is 1. The van der Waals surface area contributed by atoms with Crippen molar-refractivity contribution < 1.29 is 5.11 Å².